The molecule has 7 rings (SSSR count). The van der Waals surface area contributed by atoms with E-state index in [0.717, 1.165) is 18.3 Å². The van der Waals surface area contributed by atoms with Crippen LogP contribution in [0.25, 0.3) is 0 Å². The van der Waals surface area contributed by atoms with Gasteiger partial charge in [0.2, 0.25) is 0 Å². The van der Waals surface area contributed by atoms with Crippen LogP contribution in [0.15, 0.2) is 0 Å². The maximum absolute atomic E-state index is 12.5. The fourth-order valence-corrected chi connectivity index (χ4v) is 10.8. The Hall–Kier alpha value is -2.21. The standard InChI is InChI=1S/C19H28O9S.C17H28O2/c1-4-19(2,3)18(22)26-8-7-25-14(20)5-6-15(21)27-16-11-9-12-13(10-11)29(23,24)28-17(12)16;1-5-16(2,3)15(18)19-17(4)13-7-11-6-12(9-13)10-14(17)8-11/h11-13,16-17H,4-10H2,1-3H3;11-14H,5-10H2,1-4H3. The first kappa shape index (κ1) is 37.1. The highest BCUT2D eigenvalue weighted by Crippen LogP contribution is 2.60. The van der Waals surface area contributed by atoms with E-state index in [0.29, 0.717) is 31.1 Å². The van der Waals surface area contributed by atoms with Crippen LogP contribution in [-0.4, -0.2) is 68.6 Å². The molecule has 0 aromatic carbocycles. The SMILES string of the molecule is CCC(C)(C)C(=O)OC1(C)C2CC3CC(C2)CC1C3.CCC(C)(C)C(=O)OCCOC(=O)CCC(=O)OC1C2CC3C1OS(=O)(=O)C3C2. The van der Waals surface area contributed by atoms with Crippen molar-refractivity contribution in [2.75, 3.05) is 13.2 Å². The van der Waals surface area contributed by atoms with E-state index in [1.165, 1.54) is 32.1 Å². The predicted octanol–water partition coefficient (Wildman–Crippen LogP) is 5.52. The molecule has 0 radical (unpaired) electrons. The van der Waals surface area contributed by atoms with Crippen molar-refractivity contribution in [1.82, 2.24) is 0 Å². The molecule has 1 saturated heterocycles. The molecule has 0 aromatic heterocycles. The van der Waals surface area contributed by atoms with Gasteiger partial charge in [0.15, 0.2) is 0 Å². The molecule has 1 aliphatic heterocycles. The van der Waals surface area contributed by atoms with Crippen LogP contribution < -0.4 is 0 Å². The lowest BCUT2D eigenvalue weighted by Gasteiger charge is -2.59. The number of rotatable bonds is 12. The van der Waals surface area contributed by atoms with Gasteiger partial charge in [0.25, 0.3) is 10.1 Å². The summed E-state index contributed by atoms with van der Waals surface area (Å²) in [4.78, 5) is 48.1. The van der Waals surface area contributed by atoms with Gasteiger partial charge in [-0.1, -0.05) is 13.8 Å². The van der Waals surface area contributed by atoms with Crippen molar-refractivity contribution >= 4 is 34.0 Å². The average Bonchev–Trinajstić information content (AvgIpc) is 3.65. The third-order valence-electron chi connectivity index (χ3n) is 12.7. The van der Waals surface area contributed by atoms with Gasteiger partial charge in [0.05, 0.1) is 28.9 Å². The van der Waals surface area contributed by atoms with E-state index < -0.39 is 44.9 Å². The van der Waals surface area contributed by atoms with E-state index in [2.05, 4.69) is 13.8 Å². The number of esters is 4. The van der Waals surface area contributed by atoms with Gasteiger partial charge in [-0.15, -0.1) is 0 Å². The normalized spacial score (nSPS) is 36.6. The van der Waals surface area contributed by atoms with Crippen LogP contribution in [0.4, 0.5) is 0 Å². The van der Waals surface area contributed by atoms with Gasteiger partial charge in [-0.05, 0) is 116 Å². The number of fused-ring (bicyclic) bond motifs is 1. The van der Waals surface area contributed by atoms with Gasteiger partial charge < -0.3 is 18.9 Å². The summed E-state index contributed by atoms with van der Waals surface area (Å²) in [5, 5.41) is -0.473. The summed E-state index contributed by atoms with van der Waals surface area (Å²) in [5.41, 5.74) is -1.09. The van der Waals surface area contributed by atoms with Crippen LogP contribution in [0, 0.1) is 46.3 Å². The zero-order valence-corrected chi connectivity index (χ0v) is 30.6. The monoisotopic (exact) mass is 696 g/mol. The number of ether oxygens (including phenoxy) is 4. The molecule has 0 amide bonds. The second-order valence-corrected chi connectivity index (χ2v) is 18.4. The quantitative estimate of drug-likeness (QED) is 0.110. The van der Waals surface area contributed by atoms with Crippen molar-refractivity contribution in [3.05, 3.63) is 0 Å². The van der Waals surface area contributed by atoms with Gasteiger partial charge in [-0.3, -0.25) is 23.4 Å². The predicted molar refractivity (Wildman–Crippen MR) is 175 cm³/mol. The fourth-order valence-electron chi connectivity index (χ4n) is 8.93. The third-order valence-corrected chi connectivity index (χ3v) is 14.5. The number of hydrogen-bond acceptors (Lipinski definition) is 11. The summed E-state index contributed by atoms with van der Waals surface area (Å²) >= 11 is 0. The van der Waals surface area contributed by atoms with Gasteiger partial charge in [0, 0.05) is 11.8 Å². The molecule has 6 bridgehead atoms. The summed E-state index contributed by atoms with van der Waals surface area (Å²) in [6.07, 6.45) is 7.74. The van der Waals surface area contributed by atoms with Crippen molar-refractivity contribution in [2.24, 2.45) is 46.3 Å². The highest BCUT2D eigenvalue weighted by molar-refractivity contribution is 7.87. The highest BCUT2D eigenvalue weighted by Gasteiger charge is 2.65. The zero-order valence-electron chi connectivity index (χ0n) is 29.8. The van der Waals surface area contributed by atoms with E-state index in [1.807, 2.05) is 20.8 Å². The molecule has 0 aromatic rings. The molecule has 1 heterocycles. The van der Waals surface area contributed by atoms with Crippen LogP contribution in [-0.2, 0) is 52.4 Å². The minimum Gasteiger partial charge on any atom is -0.462 e. The molecule has 7 aliphatic rings. The minimum absolute atomic E-state index is 0.00904. The van der Waals surface area contributed by atoms with Crippen molar-refractivity contribution in [1.29, 1.82) is 0 Å². The highest BCUT2D eigenvalue weighted by atomic mass is 32.2. The Bertz CT molecular complexity index is 1320. The van der Waals surface area contributed by atoms with Crippen LogP contribution >= 0.6 is 0 Å². The lowest BCUT2D eigenvalue weighted by atomic mass is 9.50. The molecule has 6 aliphatic carbocycles. The first-order valence-electron chi connectivity index (χ1n) is 18.1. The summed E-state index contributed by atoms with van der Waals surface area (Å²) in [6.45, 7) is 13.6. The molecule has 7 fully saturated rings. The molecule has 272 valence electrons. The fraction of sp³-hybridized carbons (Fsp3) is 0.889. The Labute approximate surface area is 286 Å². The number of hydrogen-bond donors (Lipinski definition) is 0. The summed E-state index contributed by atoms with van der Waals surface area (Å²) < 4.78 is 50.5. The van der Waals surface area contributed by atoms with Gasteiger partial charge in [-0.2, -0.15) is 8.42 Å². The molecule has 5 unspecified atom stereocenters. The van der Waals surface area contributed by atoms with Crippen molar-refractivity contribution < 1.29 is 50.7 Å². The summed E-state index contributed by atoms with van der Waals surface area (Å²) in [5.74, 6) is 1.47. The molecular weight excluding hydrogens is 640 g/mol. The lowest BCUT2D eigenvalue weighted by Crippen LogP contribution is -2.58. The van der Waals surface area contributed by atoms with Crippen LogP contribution in [0.1, 0.15) is 119 Å². The molecule has 11 nitrogen and oxygen atoms in total. The third kappa shape index (κ3) is 7.44. The summed E-state index contributed by atoms with van der Waals surface area (Å²) in [6, 6.07) is 0. The Balaban J connectivity index is 0.000000204. The van der Waals surface area contributed by atoms with Crippen LogP contribution in [0.2, 0.25) is 0 Å². The van der Waals surface area contributed by atoms with Crippen molar-refractivity contribution in [3.8, 4) is 0 Å². The number of carbonyl (C=O) groups is 4. The Morgan fingerprint density at radius 3 is 1.88 bits per heavy atom. The van der Waals surface area contributed by atoms with Crippen molar-refractivity contribution in [3.63, 3.8) is 0 Å². The molecule has 0 N–H and O–H groups in total. The van der Waals surface area contributed by atoms with E-state index in [9.17, 15) is 27.6 Å². The zero-order chi connectivity index (χ0) is 35.2. The van der Waals surface area contributed by atoms with E-state index in [4.69, 9.17) is 23.1 Å². The average molecular weight is 697 g/mol. The molecule has 12 heteroatoms. The maximum Gasteiger partial charge on any atom is 0.312 e. The largest absolute Gasteiger partial charge is 0.462 e. The molecule has 5 atom stereocenters. The Kier molecular flexibility index (Phi) is 10.7. The van der Waals surface area contributed by atoms with E-state index in [1.54, 1.807) is 13.8 Å². The second-order valence-electron chi connectivity index (χ2n) is 16.7. The molecule has 0 spiro atoms. The molecule has 6 saturated carbocycles. The first-order valence-corrected chi connectivity index (χ1v) is 19.5. The Morgan fingerprint density at radius 1 is 0.750 bits per heavy atom. The first-order chi connectivity index (χ1) is 22.4. The van der Waals surface area contributed by atoms with Gasteiger partial charge in [-0.25, -0.2) is 0 Å². The molecule has 48 heavy (non-hydrogen) atoms. The maximum atomic E-state index is 12.5. The number of carbonyl (C=O) groups excluding carboxylic acids is 4. The summed E-state index contributed by atoms with van der Waals surface area (Å²) in [7, 11) is -3.56. The molecular formula is C36H56O11S. The topological polar surface area (TPSA) is 149 Å². The van der Waals surface area contributed by atoms with Gasteiger partial charge >= 0.3 is 23.9 Å². The van der Waals surface area contributed by atoms with E-state index in [-0.39, 0.29) is 60.8 Å². The Morgan fingerprint density at radius 2 is 1.29 bits per heavy atom. The smallest absolute Gasteiger partial charge is 0.312 e. The van der Waals surface area contributed by atoms with E-state index >= 15 is 0 Å². The second kappa shape index (κ2) is 13.8. The van der Waals surface area contributed by atoms with Crippen LogP contribution in [0.5, 0.6) is 0 Å². The van der Waals surface area contributed by atoms with Crippen molar-refractivity contribution in [2.45, 2.75) is 142 Å². The lowest BCUT2D eigenvalue weighted by molar-refractivity contribution is -0.211. The minimum atomic E-state index is -3.56. The van der Waals surface area contributed by atoms with Crippen LogP contribution in [0.3, 0.4) is 0 Å². The van der Waals surface area contributed by atoms with Gasteiger partial charge in [0.1, 0.15) is 31.0 Å².